The average Bonchev–Trinajstić information content (AvgIpc) is 2.84. The van der Waals surface area contributed by atoms with Gasteiger partial charge in [-0.05, 0) is 30.3 Å². The van der Waals surface area contributed by atoms with E-state index < -0.39 is 11.9 Å². The van der Waals surface area contributed by atoms with Gasteiger partial charge in [-0.15, -0.1) is 0 Å². The number of carbonyl (C=O) groups is 2. The normalized spacial score (nSPS) is 10.6. The van der Waals surface area contributed by atoms with Gasteiger partial charge in [0.05, 0.1) is 36.7 Å². The highest BCUT2D eigenvalue weighted by atomic mass is 16.5. The number of benzene rings is 3. The Bertz CT molecular complexity index is 1390. The monoisotopic (exact) mass is 428 g/mol. The smallest absolute Gasteiger partial charge is 0.339 e. The molecule has 3 aromatic carbocycles. The third-order valence-electron chi connectivity index (χ3n) is 5.08. The topological polar surface area (TPSA) is 86.6 Å². The first-order valence-corrected chi connectivity index (χ1v) is 9.81. The second-order valence-electron chi connectivity index (χ2n) is 6.96. The molecule has 1 N–H and O–H groups in total. The lowest BCUT2D eigenvalue weighted by Crippen LogP contribution is -2.23. The molecule has 0 spiro atoms. The van der Waals surface area contributed by atoms with Gasteiger partial charge in [0.15, 0.2) is 0 Å². The van der Waals surface area contributed by atoms with Gasteiger partial charge >= 0.3 is 5.97 Å². The van der Waals surface area contributed by atoms with E-state index in [1.165, 1.54) is 17.9 Å². The number of carbonyl (C=O) groups excluding carboxylic acids is 2. The van der Waals surface area contributed by atoms with Crippen LogP contribution in [-0.2, 0) is 4.74 Å². The van der Waals surface area contributed by atoms with Gasteiger partial charge < -0.3 is 14.8 Å². The number of ether oxygens (including phenoxy) is 2. The first-order chi connectivity index (χ1) is 15.5. The lowest BCUT2D eigenvalue weighted by molar-refractivity contribution is 0.0602. The maximum atomic E-state index is 13.3. The van der Waals surface area contributed by atoms with Crippen LogP contribution in [0.5, 0.6) is 5.75 Å². The van der Waals surface area contributed by atoms with Crippen LogP contribution >= 0.6 is 0 Å². The number of aromatic nitrogens is 1. The predicted molar refractivity (Wildman–Crippen MR) is 122 cm³/mol. The lowest BCUT2D eigenvalue weighted by Gasteiger charge is -2.14. The number of amides is 1. The van der Waals surface area contributed by atoms with Crippen molar-refractivity contribution >= 4 is 28.3 Å². The molecule has 4 aromatic rings. The van der Waals surface area contributed by atoms with Gasteiger partial charge in [-0.1, -0.05) is 36.4 Å². The minimum atomic E-state index is -0.563. The number of esters is 1. The summed E-state index contributed by atoms with van der Waals surface area (Å²) >= 11 is 0. The molecule has 0 aliphatic rings. The Labute approximate surface area is 183 Å². The summed E-state index contributed by atoms with van der Waals surface area (Å²) in [4.78, 5) is 38.6. The van der Waals surface area contributed by atoms with E-state index in [0.717, 1.165) is 0 Å². The first kappa shape index (κ1) is 20.9. The fourth-order valence-corrected chi connectivity index (χ4v) is 3.49. The number of methoxy groups -OCH3 is 2. The van der Waals surface area contributed by atoms with E-state index in [-0.39, 0.29) is 16.7 Å². The molecule has 32 heavy (non-hydrogen) atoms. The highest BCUT2D eigenvalue weighted by Gasteiger charge is 2.18. The van der Waals surface area contributed by atoms with Crippen molar-refractivity contribution in [3.63, 3.8) is 0 Å². The summed E-state index contributed by atoms with van der Waals surface area (Å²) in [5, 5.41) is 3.67. The molecule has 0 bridgehead atoms. The number of nitrogens with zero attached hydrogens (tertiary/aromatic N) is 1. The summed E-state index contributed by atoms with van der Waals surface area (Å²) in [5.74, 6) is -0.443. The molecule has 0 saturated carbocycles. The van der Waals surface area contributed by atoms with Crippen LogP contribution in [0.4, 0.5) is 5.69 Å². The maximum Gasteiger partial charge on any atom is 0.339 e. The highest BCUT2D eigenvalue weighted by molar-refractivity contribution is 6.14. The largest absolute Gasteiger partial charge is 0.497 e. The average molecular weight is 428 g/mol. The third-order valence-corrected chi connectivity index (χ3v) is 5.08. The van der Waals surface area contributed by atoms with Crippen molar-refractivity contribution in [3.8, 4) is 11.4 Å². The summed E-state index contributed by atoms with van der Waals surface area (Å²) in [6.45, 7) is 0. The minimum absolute atomic E-state index is 0.230. The molecule has 7 nitrogen and oxygen atoms in total. The standard InChI is InChI=1S/C25H20N2O5/c1-31-17-9-7-8-16(14-17)27-15-21(18-10-3-4-11-19(18)24(27)29)23(28)26-22-13-6-5-12-20(22)25(30)32-2/h3-15H,1-2H3,(H,26,28). The molecule has 0 saturated heterocycles. The first-order valence-electron chi connectivity index (χ1n) is 9.81. The van der Waals surface area contributed by atoms with Crippen LogP contribution in [0.15, 0.2) is 83.8 Å². The summed E-state index contributed by atoms with van der Waals surface area (Å²) < 4.78 is 11.5. The van der Waals surface area contributed by atoms with E-state index in [9.17, 15) is 14.4 Å². The lowest BCUT2D eigenvalue weighted by atomic mass is 10.1. The predicted octanol–water partition coefficient (Wildman–Crippen LogP) is 4.04. The fraction of sp³-hybridized carbons (Fsp3) is 0.0800. The van der Waals surface area contributed by atoms with Crippen LogP contribution < -0.4 is 15.6 Å². The molecule has 0 aliphatic heterocycles. The Balaban J connectivity index is 1.86. The molecule has 0 radical (unpaired) electrons. The van der Waals surface area contributed by atoms with Gasteiger partial charge in [0.1, 0.15) is 5.75 Å². The number of nitrogens with one attached hydrogen (secondary N) is 1. The van der Waals surface area contributed by atoms with Crippen molar-refractivity contribution in [2.24, 2.45) is 0 Å². The number of fused-ring (bicyclic) bond motifs is 1. The van der Waals surface area contributed by atoms with Crippen molar-refractivity contribution in [1.29, 1.82) is 0 Å². The summed E-state index contributed by atoms with van der Waals surface area (Å²) in [6.07, 6.45) is 1.50. The van der Waals surface area contributed by atoms with Crippen LogP contribution in [0.1, 0.15) is 20.7 Å². The van der Waals surface area contributed by atoms with E-state index in [1.807, 2.05) is 0 Å². The molecule has 0 fully saturated rings. The summed E-state index contributed by atoms with van der Waals surface area (Å²) in [5.41, 5.74) is 1.12. The number of hydrogen-bond acceptors (Lipinski definition) is 5. The zero-order valence-electron chi connectivity index (χ0n) is 17.5. The van der Waals surface area contributed by atoms with Gasteiger partial charge in [0.25, 0.3) is 11.5 Å². The van der Waals surface area contributed by atoms with Crippen LogP contribution in [0.25, 0.3) is 16.5 Å². The van der Waals surface area contributed by atoms with Gasteiger partial charge in [-0.3, -0.25) is 14.2 Å². The zero-order chi connectivity index (χ0) is 22.7. The summed E-state index contributed by atoms with van der Waals surface area (Å²) in [7, 11) is 2.82. The van der Waals surface area contributed by atoms with Gasteiger partial charge in [0.2, 0.25) is 0 Å². The molecular weight excluding hydrogens is 408 g/mol. The van der Waals surface area contributed by atoms with Gasteiger partial charge in [-0.2, -0.15) is 0 Å². The fourth-order valence-electron chi connectivity index (χ4n) is 3.49. The van der Waals surface area contributed by atoms with Gasteiger partial charge in [0, 0.05) is 23.0 Å². The van der Waals surface area contributed by atoms with Gasteiger partial charge in [-0.25, -0.2) is 4.79 Å². The minimum Gasteiger partial charge on any atom is -0.497 e. The Morgan fingerprint density at radius 3 is 2.31 bits per heavy atom. The van der Waals surface area contributed by atoms with E-state index in [0.29, 0.717) is 27.9 Å². The van der Waals surface area contributed by atoms with Crippen LogP contribution in [0, 0.1) is 0 Å². The van der Waals surface area contributed by atoms with Crippen molar-refractivity contribution in [2.75, 3.05) is 19.5 Å². The Kier molecular flexibility index (Phi) is 5.72. The number of anilines is 1. The van der Waals surface area contributed by atoms with E-state index >= 15 is 0 Å². The summed E-state index contributed by atoms with van der Waals surface area (Å²) in [6, 6.07) is 20.5. The van der Waals surface area contributed by atoms with E-state index in [4.69, 9.17) is 9.47 Å². The molecule has 160 valence electrons. The molecule has 7 heteroatoms. The Hall–Kier alpha value is -4.39. The number of rotatable bonds is 5. The molecule has 1 aromatic heterocycles. The number of para-hydroxylation sites is 1. The number of pyridine rings is 1. The molecule has 0 atom stereocenters. The molecule has 0 aliphatic carbocycles. The van der Waals surface area contributed by atoms with E-state index in [2.05, 4.69) is 5.32 Å². The quantitative estimate of drug-likeness (QED) is 0.485. The SMILES string of the molecule is COC(=O)c1ccccc1NC(=O)c1cn(-c2cccc(OC)c2)c(=O)c2ccccc12. The molecule has 4 rings (SSSR count). The second-order valence-corrected chi connectivity index (χ2v) is 6.96. The van der Waals surface area contributed by atoms with Crippen molar-refractivity contribution < 1.29 is 19.1 Å². The highest BCUT2D eigenvalue weighted by Crippen LogP contribution is 2.22. The Morgan fingerprint density at radius 1 is 0.844 bits per heavy atom. The molecule has 1 heterocycles. The maximum absolute atomic E-state index is 13.3. The van der Waals surface area contributed by atoms with Crippen LogP contribution in [0.2, 0.25) is 0 Å². The molecule has 0 unspecified atom stereocenters. The second kappa shape index (κ2) is 8.77. The third kappa shape index (κ3) is 3.83. The molecule has 1 amide bonds. The molecular formula is C25H20N2O5. The zero-order valence-corrected chi connectivity index (χ0v) is 17.5. The van der Waals surface area contributed by atoms with E-state index in [1.54, 1.807) is 79.9 Å². The van der Waals surface area contributed by atoms with Crippen molar-refractivity contribution in [2.45, 2.75) is 0 Å². The van der Waals surface area contributed by atoms with Crippen LogP contribution in [0.3, 0.4) is 0 Å². The number of hydrogen-bond donors (Lipinski definition) is 1. The Morgan fingerprint density at radius 2 is 1.56 bits per heavy atom. The van der Waals surface area contributed by atoms with Crippen molar-refractivity contribution in [3.05, 3.63) is 100 Å². The van der Waals surface area contributed by atoms with Crippen molar-refractivity contribution in [1.82, 2.24) is 4.57 Å². The van der Waals surface area contributed by atoms with Crippen LogP contribution in [-0.4, -0.2) is 30.7 Å².